The van der Waals surface area contributed by atoms with Gasteiger partial charge in [-0.3, -0.25) is 4.99 Å². The van der Waals surface area contributed by atoms with E-state index in [1.165, 1.54) is 0 Å². The van der Waals surface area contributed by atoms with Gasteiger partial charge in [0.1, 0.15) is 0 Å². The van der Waals surface area contributed by atoms with Crippen LogP contribution in [0.25, 0.3) is 0 Å². The molecule has 9 heavy (non-hydrogen) atoms. The molecule has 2 aliphatic heterocycles. The van der Waals surface area contributed by atoms with Crippen molar-refractivity contribution in [3.8, 4) is 0 Å². The summed E-state index contributed by atoms with van der Waals surface area (Å²) >= 11 is 0. The van der Waals surface area contributed by atoms with Gasteiger partial charge in [-0.1, -0.05) is 0 Å². The van der Waals surface area contributed by atoms with E-state index < -0.39 is 0 Å². The molecule has 0 aromatic rings. The summed E-state index contributed by atoms with van der Waals surface area (Å²) in [5.41, 5.74) is 3.01. The second-order valence-corrected chi connectivity index (χ2v) is 2.46. The smallest absolute Gasteiger partial charge is 0.0716 e. The first-order valence-electron chi connectivity index (χ1n) is 3.24. The van der Waals surface area contributed by atoms with E-state index in [1.807, 2.05) is 12.4 Å². The lowest BCUT2D eigenvalue weighted by molar-refractivity contribution is 0.485. The standard InChI is InChI=1S/C6H9N3/c1-2-7-4-6-5(1)3-8-9-6/h2-3,5-6,9H,1,4H2. The summed E-state index contributed by atoms with van der Waals surface area (Å²) < 4.78 is 0. The van der Waals surface area contributed by atoms with Crippen LogP contribution in [0.4, 0.5) is 0 Å². The molecule has 0 saturated carbocycles. The van der Waals surface area contributed by atoms with Crippen LogP contribution < -0.4 is 5.43 Å². The van der Waals surface area contributed by atoms with Crippen molar-refractivity contribution < 1.29 is 0 Å². The quantitative estimate of drug-likeness (QED) is 0.485. The van der Waals surface area contributed by atoms with Crippen LogP contribution in [0, 0.1) is 5.92 Å². The van der Waals surface area contributed by atoms with Gasteiger partial charge in [-0.25, -0.2) is 0 Å². The Labute approximate surface area is 53.9 Å². The molecule has 0 aliphatic carbocycles. The molecule has 3 nitrogen and oxygen atoms in total. The van der Waals surface area contributed by atoms with Crippen LogP contribution in [0.2, 0.25) is 0 Å². The number of aliphatic imine (C=N–C) groups is 1. The lowest BCUT2D eigenvalue weighted by Crippen LogP contribution is -2.33. The normalized spacial score (nSPS) is 38.2. The highest BCUT2D eigenvalue weighted by molar-refractivity contribution is 5.72. The monoisotopic (exact) mass is 123 g/mol. The van der Waals surface area contributed by atoms with Gasteiger partial charge in [-0.2, -0.15) is 5.10 Å². The van der Waals surface area contributed by atoms with E-state index in [0.717, 1.165) is 13.0 Å². The van der Waals surface area contributed by atoms with E-state index in [9.17, 15) is 0 Å². The largest absolute Gasteiger partial charge is 0.305 e. The second-order valence-electron chi connectivity index (χ2n) is 2.46. The topological polar surface area (TPSA) is 36.8 Å². The first-order chi connectivity index (χ1) is 4.47. The maximum atomic E-state index is 4.15. The number of hydrogen-bond donors (Lipinski definition) is 1. The van der Waals surface area contributed by atoms with Gasteiger partial charge < -0.3 is 5.43 Å². The van der Waals surface area contributed by atoms with Gasteiger partial charge >= 0.3 is 0 Å². The predicted octanol–water partition coefficient (Wildman–Crippen LogP) is 0.0347. The van der Waals surface area contributed by atoms with E-state index in [2.05, 4.69) is 15.5 Å². The molecule has 2 heterocycles. The Hall–Kier alpha value is -0.860. The minimum atomic E-state index is 0.495. The zero-order valence-corrected chi connectivity index (χ0v) is 5.12. The van der Waals surface area contributed by atoms with Crippen LogP contribution in [0.3, 0.4) is 0 Å². The maximum absolute atomic E-state index is 4.15. The Bertz CT molecular complexity index is 162. The Morgan fingerprint density at radius 3 is 3.44 bits per heavy atom. The predicted molar refractivity (Wildman–Crippen MR) is 36.9 cm³/mol. The molecule has 0 radical (unpaired) electrons. The fourth-order valence-electron chi connectivity index (χ4n) is 1.22. The summed E-state index contributed by atoms with van der Waals surface area (Å²) in [6.07, 6.45) is 5.03. The molecule has 1 N–H and O–H groups in total. The van der Waals surface area contributed by atoms with Gasteiger partial charge in [0.05, 0.1) is 12.6 Å². The summed E-state index contributed by atoms with van der Waals surface area (Å²) in [5, 5.41) is 3.97. The molecule has 0 aromatic carbocycles. The molecule has 2 aliphatic rings. The van der Waals surface area contributed by atoms with E-state index in [-0.39, 0.29) is 0 Å². The van der Waals surface area contributed by atoms with Crippen molar-refractivity contribution in [1.29, 1.82) is 0 Å². The molecule has 2 unspecified atom stereocenters. The van der Waals surface area contributed by atoms with E-state index in [1.54, 1.807) is 0 Å². The van der Waals surface area contributed by atoms with Crippen LogP contribution in [0.1, 0.15) is 6.42 Å². The first kappa shape index (κ1) is 4.97. The number of hydrogen-bond acceptors (Lipinski definition) is 3. The van der Waals surface area contributed by atoms with Crippen molar-refractivity contribution in [2.45, 2.75) is 12.5 Å². The Morgan fingerprint density at radius 1 is 1.56 bits per heavy atom. The molecule has 2 atom stereocenters. The van der Waals surface area contributed by atoms with Crippen LogP contribution in [-0.2, 0) is 0 Å². The molecule has 3 heteroatoms. The summed E-state index contributed by atoms with van der Waals surface area (Å²) in [5.74, 6) is 0.613. The minimum absolute atomic E-state index is 0.495. The third-order valence-corrected chi connectivity index (χ3v) is 1.83. The molecule has 0 aromatic heterocycles. The Kier molecular flexibility index (Phi) is 1.01. The van der Waals surface area contributed by atoms with Crippen LogP contribution in [-0.4, -0.2) is 25.0 Å². The highest BCUT2D eigenvalue weighted by atomic mass is 15.3. The summed E-state index contributed by atoms with van der Waals surface area (Å²) in [4.78, 5) is 4.15. The average molecular weight is 123 g/mol. The van der Waals surface area contributed by atoms with Gasteiger partial charge in [0, 0.05) is 12.1 Å². The summed E-state index contributed by atoms with van der Waals surface area (Å²) in [6, 6.07) is 0.495. The third-order valence-electron chi connectivity index (χ3n) is 1.83. The Balaban J connectivity index is 2.13. The molecule has 0 bridgehead atoms. The molecule has 48 valence electrons. The fraction of sp³-hybridized carbons (Fsp3) is 0.667. The number of hydrazone groups is 1. The number of fused-ring (bicyclic) bond motifs is 1. The lowest BCUT2D eigenvalue weighted by atomic mass is 9.98. The molecule has 0 fully saturated rings. The van der Waals surface area contributed by atoms with Crippen LogP contribution in [0.15, 0.2) is 10.1 Å². The average Bonchev–Trinajstić information content (AvgIpc) is 2.33. The van der Waals surface area contributed by atoms with Gasteiger partial charge in [-0.05, 0) is 12.6 Å². The fourth-order valence-corrected chi connectivity index (χ4v) is 1.22. The molecule has 0 saturated heterocycles. The molecule has 2 rings (SSSR count). The molecule has 0 amide bonds. The first-order valence-corrected chi connectivity index (χ1v) is 3.24. The zero-order valence-electron chi connectivity index (χ0n) is 5.12. The molecule has 0 spiro atoms. The van der Waals surface area contributed by atoms with Gasteiger partial charge in [0.2, 0.25) is 0 Å². The highest BCUT2D eigenvalue weighted by Crippen LogP contribution is 2.13. The maximum Gasteiger partial charge on any atom is 0.0716 e. The summed E-state index contributed by atoms with van der Waals surface area (Å²) in [6.45, 7) is 0.894. The number of rotatable bonds is 0. The number of nitrogens with zero attached hydrogens (tertiary/aromatic N) is 2. The zero-order chi connectivity index (χ0) is 6.10. The van der Waals surface area contributed by atoms with Crippen molar-refractivity contribution in [1.82, 2.24) is 5.43 Å². The second kappa shape index (κ2) is 1.83. The minimum Gasteiger partial charge on any atom is -0.305 e. The van der Waals surface area contributed by atoms with Gasteiger partial charge in [0.25, 0.3) is 0 Å². The van der Waals surface area contributed by atoms with Gasteiger partial charge in [0.15, 0.2) is 0 Å². The van der Waals surface area contributed by atoms with Crippen LogP contribution >= 0.6 is 0 Å². The lowest BCUT2D eigenvalue weighted by Gasteiger charge is -2.17. The SMILES string of the molecule is C1=NCC2NN=CC2C1. The van der Waals surface area contributed by atoms with Crippen molar-refractivity contribution in [2.75, 3.05) is 6.54 Å². The van der Waals surface area contributed by atoms with Crippen molar-refractivity contribution in [3.05, 3.63) is 0 Å². The summed E-state index contributed by atoms with van der Waals surface area (Å²) in [7, 11) is 0. The number of nitrogens with one attached hydrogen (secondary N) is 1. The third kappa shape index (κ3) is 0.724. The van der Waals surface area contributed by atoms with Crippen molar-refractivity contribution in [3.63, 3.8) is 0 Å². The van der Waals surface area contributed by atoms with E-state index in [0.29, 0.717) is 12.0 Å². The molecular formula is C6H9N3. The van der Waals surface area contributed by atoms with E-state index in [4.69, 9.17) is 0 Å². The highest BCUT2D eigenvalue weighted by Gasteiger charge is 2.24. The van der Waals surface area contributed by atoms with Gasteiger partial charge in [-0.15, -0.1) is 0 Å². The molecular weight excluding hydrogens is 114 g/mol. The van der Waals surface area contributed by atoms with Crippen molar-refractivity contribution in [2.24, 2.45) is 16.0 Å². The van der Waals surface area contributed by atoms with E-state index >= 15 is 0 Å². The van der Waals surface area contributed by atoms with Crippen LogP contribution in [0.5, 0.6) is 0 Å². The Morgan fingerprint density at radius 2 is 2.56 bits per heavy atom. The van der Waals surface area contributed by atoms with Crippen molar-refractivity contribution >= 4 is 12.4 Å².